The maximum Gasteiger partial charge on any atom is 0.501 e. The summed E-state index contributed by atoms with van der Waals surface area (Å²) in [6.45, 7) is 0. The molecule has 0 aromatic heterocycles. The first kappa shape index (κ1) is 15.8. The number of nitrogens with one attached hydrogen (secondary N) is 1. The van der Waals surface area contributed by atoms with Crippen molar-refractivity contribution in [2.45, 2.75) is 10.4 Å². The van der Waals surface area contributed by atoms with Crippen molar-refractivity contribution >= 4 is 32.9 Å². The number of hydrogen-bond donors (Lipinski definition) is 3. The molecule has 0 spiro atoms. The van der Waals surface area contributed by atoms with Gasteiger partial charge in [-0.3, -0.25) is 5.43 Å². The molecule has 5 N–H and O–H groups in total. The van der Waals surface area contributed by atoms with Gasteiger partial charge in [0.05, 0.1) is 10.6 Å². The molecule has 22 heavy (non-hydrogen) atoms. The van der Waals surface area contributed by atoms with Gasteiger partial charge in [0.1, 0.15) is 0 Å². The first-order valence-electron chi connectivity index (χ1n) is 5.55. The van der Waals surface area contributed by atoms with Gasteiger partial charge >= 0.3 is 5.51 Å². The van der Waals surface area contributed by atoms with Gasteiger partial charge in [-0.25, -0.2) is 8.42 Å². The van der Waals surface area contributed by atoms with Crippen molar-refractivity contribution < 1.29 is 21.6 Å². The average molecular weight is 334 g/mol. The van der Waals surface area contributed by atoms with Crippen molar-refractivity contribution in [3.05, 3.63) is 24.3 Å². The quantitative estimate of drug-likeness (QED) is 0.687. The van der Waals surface area contributed by atoms with E-state index in [9.17, 15) is 21.6 Å². The predicted molar refractivity (Wildman–Crippen MR) is 74.0 cm³/mol. The van der Waals surface area contributed by atoms with Crippen LogP contribution in [0.25, 0.3) is 0 Å². The Kier molecular flexibility index (Phi) is 3.79. The highest BCUT2D eigenvalue weighted by Crippen LogP contribution is 2.31. The summed E-state index contributed by atoms with van der Waals surface area (Å²) in [6.07, 6.45) is 0. The Bertz CT molecular complexity index is 777. The number of nitrogens with zero attached hydrogens (tertiary/aromatic N) is 3. The third-order valence-corrected chi connectivity index (χ3v) is 3.98. The highest BCUT2D eigenvalue weighted by molar-refractivity contribution is 7.92. The summed E-state index contributed by atoms with van der Waals surface area (Å²) in [7, 11) is -5.44. The van der Waals surface area contributed by atoms with Gasteiger partial charge in [-0.15, -0.1) is 10.2 Å². The van der Waals surface area contributed by atoms with E-state index in [1.165, 1.54) is 6.07 Å². The second kappa shape index (κ2) is 5.29. The van der Waals surface area contributed by atoms with Crippen molar-refractivity contribution in [2.75, 3.05) is 5.43 Å². The smallest absolute Gasteiger partial charge is 0.380 e. The van der Waals surface area contributed by atoms with Crippen molar-refractivity contribution in [1.29, 1.82) is 0 Å². The SMILES string of the molecule is NC1=NN=C(N)C1=NNc1cccc(S(=O)(=O)C(F)(F)F)c1. The Morgan fingerprint density at radius 1 is 1.14 bits per heavy atom. The molecule has 1 aromatic carbocycles. The molecule has 0 saturated carbocycles. The van der Waals surface area contributed by atoms with Crippen LogP contribution in [0.2, 0.25) is 0 Å². The highest BCUT2D eigenvalue weighted by atomic mass is 32.2. The van der Waals surface area contributed by atoms with Gasteiger partial charge in [0, 0.05) is 0 Å². The molecule has 1 heterocycles. The van der Waals surface area contributed by atoms with Crippen molar-refractivity contribution in [3.8, 4) is 0 Å². The molecule has 0 aliphatic carbocycles. The summed E-state index contributed by atoms with van der Waals surface area (Å²) in [6, 6.07) is 4.05. The number of hydrogen-bond acceptors (Lipinski definition) is 8. The highest BCUT2D eigenvalue weighted by Gasteiger charge is 2.46. The molecule has 1 aromatic rings. The van der Waals surface area contributed by atoms with Crippen LogP contribution in [-0.4, -0.2) is 31.3 Å². The summed E-state index contributed by atoms with van der Waals surface area (Å²) in [4.78, 5) is -0.917. The van der Waals surface area contributed by atoms with Crippen LogP contribution in [0.3, 0.4) is 0 Å². The fourth-order valence-corrected chi connectivity index (χ4v) is 2.24. The maximum absolute atomic E-state index is 12.5. The van der Waals surface area contributed by atoms with E-state index in [2.05, 4.69) is 20.7 Å². The van der Waals surface area contributed by atoms with Crippen LogP contribution >= 0.6 is 0 Å². The molecule has 0 bridgehead atoms. The zero-order valence-electron chi connectivity index (χ0n) is 10.7. The lowest BCUT2D eigenvalue weighted by atomic mass is 10.3. The normalized spacial score (nSPS) is 15.3. The van der Waals surface area contributed by atoms with Crippen molar-refractivity contribution in [2.24, 2.45) is 26.8 Å². The molecule has 8 nitrogen and oxygen atoms in total. The average Bonchev–Trinajstić information content (AvgIpc) is 2.75. The summed E-state index contributed by atoms with van der Waals surface area (Å²) in [5, 5.41) is 10.6. The molecule has 12 heteroatoms. The minimum absolute atomic E-state index is 0.00378. The van der Waals surface area contributed by atoms with Crippen LogP contribution in [0, 0.1) is 0 Å². The minimum atomic E-state index is -5.44. The van der Waals surface area contributed by atoms with Crippen LogP contribution in [0.1, 0.15) is 0 Å². The van der Waals surface area contributed by atoms with Gasteiger partial charge in [-0.2, -0.15) is 18.3 Å². The topological polar surface area (TPSA) is 135 Å². The van der Waals surface area contributed by atoms with E-state index in [0.717, 1.165) is 18.2 Å². The molecule has 1 aliphatic heterocycles. The Morgan fingerprint density at radius 2 is 1.73 bits per heavy atom. The van der Waals surface area contributed by atoms with Crippen LogP contribution in [0.15, 0.2) is 44.5 Å². The molecule has 0 unspecified atom stereocenters. The molecule has 1 aliphatic rings. The Hall–Kier alpha value is -2.63. The van der Waals surface area contributed by atoms with Crippen LogP contribution in [0.5, 0.6) is 0 Å². The molecule has 0 saturated heterocycles. The van der Waals surface area contributed by atoms with Gasteiger partial charge < -0.3 is 11.5 Å². The number of sulfone groups is 1. The number of rotatable bonds is 3. The van der Waals surface area contributed by atoms with Gasteiger partial charge in [0.15, 0.2) is 17.4 Å². The van der Waals surface area contributed by atoms with Crippen LogP contribution < -0.4 is 16.9 Å². The zero-order valence-corrected chi connectivity index (χ0v) is 11.5. The molecule has 2 rings (SSSR count). The third kappa shape index (κ3) is 2.86. The number of halogens is 3. The lowest BCUT2D eigenvalue weighted by molar-refractivity contribution is -0.0435. The van der Waals surface area contributed by atoms with E-state index in [-0.39, 0.29) is 23.1 Å². The second-order valence-corrected chi connectivity index (χ2v) is 5.96. The number of anilines is 1. The Balaban J connectivity index is 2.30. The summed E-state index contributed by atoms with van der Waals surface area (Å²) < 4.78 is 60.1. The number of hydrazone groups is 1. The summed E-state index contributed by atoms with van der Waals surface area (Å²) in [5.74, 6) is -0.159. The van der Waals surface area contributed by atoms with E-state index in [0.29, 0.717) is 0 Å². The van der Waals surface area contributed by atoms with Gasteiger partial charge in [-0.1, -0.05) is 6.07 Å². The fraction of sp³-hybridized carbons (Fsp3) is 0.100. The van der Waals surface area contributed by atoms with E-state index < -0.39 is 20.2 Å². The van der Waals surface area contributed by atoms with E-state index in [1.807, 2.05) is 0 Å². The van der Waals surface area contributed by atoms with Crippen LogP contribution in [-0.2, 0) is 9.84 Å². The number of alkyl halides is 3. The molecule has 0 amide bonds. The molecule has 0 fully saturated rings. The predicted octanol–water partition coefficient (Wildman–Crippen LogP) is 0.391. The van der Waals surface area contributed by atoms with Crippen molar-refractivity contribution in [1.82, 2.24) is 0 Å². The standard InChI is InChI=1S/C10H9F3N6O2S/c11-10(12,13)22(20,21)6-3-1-2-5(4-6)16-17-7-8(14)18-19-9(7)15/h1-4,16H,(H4,14,15,17,18,19). The molecular weight excluding hydrogens is 325 g/mol. The Morgan fingerprint density at radius 3 is 2.27 bits per heavy atom. The van der Waals surface area contributed by atoms with E-state index >= 15 is 0 Å². The van der Waals surface area contributed by atoms with Gasteiger partial charge in [0.25, 0.3) is 9.84 Å². The molecular formula is C10H9F3N6O2S. The second-order valence-electron chi connectivity index (χ2n) is 4.02. The minimum Gasteiger partial charge on any atom is -0.380 e. The lowest BCUT2D eigenvalue weighted by Crippen LogP contribution is -2.32. The molecule has 0 radical (unpaired) electrons. The molecule has 118 valence electrons. The lowest BCUT2D eigenvalue weighted by Gasteiger charge is -2.09. The maximum atomic E-state index is 12.5. The van der Waals surface area contributed by atoms with Gasteiger partial charge in [0.2, 0.25) is 0 Å². The molecule has 0 atom stereocenters. The summed E-state index contributed by atoms with van der Waals surface area (Å²) in [5.41, 5.74) is 7.81. The number of nitrogens with two attached hydrogens (primary N) is 2. The third-order valence-electron chi connectivity index (χ3n) is 2.50. The number of amidine groups is 2. The van der Waals surface area contributed by atoms with E-state index in [4.69, 9.17) is 11.5 Å². The van der Waals surface area contributed by atoms with Crippen molar-refractivity contribution in [3.63, 3.8) is 0 Å². The summed E-state index contributed by atoms with van der Waals surface area (Å²) >= 11 is 0. The van der Waals surface area contributed by atoms with Crippen LogP contribution in [0.4, 0.5) is 18.9 Å². The largest absolute Gasteiger partial charge is 0.501 e. The first-order chi connectivity index (χ1) is 10.1. The Labute approximate surface area is 122 Å². The monoisotopic (exact) mass is 334 g/mol. The van der Waals surface area contributed by atoms with Gasteiger partial charge in [-0.05, 0) is 18.2 Å². The fourth-order valence-electron chi connectivity index (χ4n) is 1.44. The van der Waals surface area contributed by atoms with E-state index in [1.54, 1.807) is 0 Å². The first-order valence-corrected chi connectivity index (χ1v) is 7.03. The number of benzene rings is 1. The zero-order chi connectivity index (χ0) is 16.5.